The summed E-state index contributed by atoms with van der Waals surface area (Å²) in [5.74, 6) is 0. The van der Waals surface area contributed by atoms with Crippen LogP contribution in [0.1, 0.15) is 31.4 Å². The van der Waals surface area contributed by atoms with Crippen molar-refractivity contribution >= 4 is 11.4 Å². The summed E-state index contributed by atoms with van der Waals surface area (Å²) >= 11 is 0. The van der Waals surface area contributed by atoms with Crippen LogP contribution in [-0.4, -0.2) is 19.1 Å². The van der Waals surface area contributed by atoms with Gasteiger partial charge in [-0.05, 0) is 38.4 Å². The van der Waals surface area contributed by atoms with E-state index in [-0.39, 0.29) is 12.1 Å². The van der Waals surface area contributed by atoms with E-state index in [4.69, 9.17) is 0 Å². The lowest BCUT2D eigenvalue weighted by Crippen LogP contribution is -2.42. The standard InChI is InChI=1S/C17H21N3O2/c1-11(12-5-3-2-4-6-12)19-14-15(17(22)16(14)21)20-13-7-9-18-10-8-13/h2-6,11,13,18-20H,7-10H2,1H3/t11-/m1/s1. The second-order valence-electron chi connectivity index (χ2n) is 5.85. The molecule has 3 rings (SSSR count). The van der Waals surface area contributed by atoms with Crippen molar-refractivity contribution in [3.63, 3.8) is 0 Å². The molecule has 1 aliphatic heterocycles. The van der Waals surface area contributed by atoms with Crippen molar-refractivity contribution in [1.29, 1.82) is 0 Å². The number of rotatable bonds is 5. The van der Waals surface area contributed by atoms with Crippen LogP contribution in [0.3, 0.4) is 0 Å². The third kappa shape index (κ3) is 2.90. The number of hydrogen-bond donors (Lipinski definition) is 3. The van der Waals surface area contributed by atoms with Crippen LogP contribution in [0.4, 0.5) is 11.4 Å². The Balaban J connectivity index is 1.73. The van der Waals surface area contributed by atoms with Gasteiger partial charge in [-0.2, -0.15) is 0 Å². The van der Waals surface area contributed by atoms with Crippen LogP contribution < -0.4 is 26.8 Å². The first-order valence-corrected chi connectivity index (χ1v) is 7.79. The Hall–Kier alpha value is -2.14. The molecule has 1 heterocycles. The summed E-state index contributed by atoms with van der Waals surface area (Å²) in [4.78, 5) is 23.7. The largest absolute Gasteiger partial charge is 0.377 e. The van der Waals surface area contributed by atoms with E-state index in [1.54, 1.807) is 0 Å². The molecule has 3 N–H and O–H groups in total. The van der Waals surface area contributed by atoms with Gasteiger partial charge in [0.05, 0.1) is 0 Å². The molecule has 0 aliphatic carbocycles. The number of anilines is 2. The van der Waals surface area contributed by atoms with E-state index < -0.39 is 10.9 Å². The van der Waals surface area contributed by atoms with Gasteiger partial charge in [0, 0.05) is 12.1 Å². The Morgan fingerprint density at radius 1 is 1.05 bits per heavy atom. The molecule has 0 amide bonds. The monoisotopic (exact) mass is 299 g/mol. The zero-order valence-electron chi connectivity index (χ0n) is 12.7. The molecule has 116 valence electrons. The molecule has 1 saturated heterocycles. The molecule has 0 saturated carbocycles. The van der Waals surface area contributed by atoms with E-state index in [0.717, 1.165) is 31.5 Å². The lowest BCUT2D eigenvalue weighted by atomic mass is 10.0. The van der Waals surface area contributed by atoms with Crippen molar-refractivity contribution in [1.82, 2.24) is 5.32 Å². The van der Waals surface area contributed by atoms with E-state index in [9.17, 15) is 9.59 Å². The van der Waals surface area contributed by atoms with Gasteiger partial charge >= 0.3 is 0 Å². The molecule has 1 atom stereocenters. The van der Waals surface area contributed by atoms with Crippen molar-refractivity contribution in [2.45, 2.75) is 31.8 Å². The van der Waals surface area contributed by atoms with Crippen molar-refractivity contribution < 1.29 is 0 Å². The SMILES string of the molecule is C[C@@H](Nc1c(NC2CCNCC2)c(=O)c1=O)c1ccccc1. The molecule has 0 unspecified atom stereocenters. The lowest BCUT2D eigenvalue weighted by Gasteiger charge is -2.27. The zero-order valence-corrected chi connectivity index (χ0v) is 12.7. The van der Waals surface area contributed by atoms with E-state index in [2.05, 4.69) is 16.0 Å². The van der Waals surface area contributed by atoms with Crippen molar-refractivity contribution in [2.75, 3.05) is 23.7 Å². The van der Waals surface area contributed by atoms with Crippen LogP contribution >= 0.6 is 0 Å². The van der Waals surface area contributed by atoms with Crippen LogP contribution in [0, 0.1) is 0 Å². The number of benzene rings is 1. The van der Waals surface area contributed by atoms with Crippen LogP contribution in [-0.2, 0) is 0 Å². The maximum Gasteiger partial charge on any atom is 0.253 e. The molecule has 2 aromatic carbocycles. The van der Waals surface area contributed by atoms with Crippen LogP contribution in [0.15, 0.2) is 39.9 Å². The van der Waals surface area contributed by atoms with Crippen LogP contribution in [0.2, 0.25) is 0 Å². The van der Waals surface area contributed by atoms with Crippen molar-refractivity contribution in [2.24, 2.45) is 0 Å². The first-order valence-electron chi connectivity index (χ1n) is 7.79. The summed E-state index contributed by atoms with van der Waals surface area (Å²) in [7, 11) is 0. The Bertz CT molecular complexity index is 698. The average molecular weight is 299 g/mol. The smallest absolute Gasteiger partial charge is 0.253 e. The minimum absolute atomic E-state index is 0.0157. The minimum atomic E-state index is -0.417. The maximum absolute atomic E-state index is 11.9. The highest BCUT2D eigenvalue weighted by Crippen LogP contribution is 2.23. The van der Waals surface area contributed by atoms with Gasteiger partial charge in [-0.15, -0.1) is 0 Å². The van der Waals surface area contributed by atoms with Gasteiger partial charge in [0.1, 0.15) is 11.4 Å². The molecular formula is C17H21N3O2. The van der Waals surface area contributed by atoms with Gasteiger partial charge in [0.2, 0.25) is 0 Å². The van der Waals surface area contributed by atoms with Gasteiger partial charge < -0.3 is 16.0 Å². The molecule has 0 radical (unpaired) electrons. The Kier molecular flexibility index (Phi) is 4.24. The minimum Gasteiger partial charge on any atom is -0.377 e. The van der Waals surface area contributed by atoms with E-state index in [0.29, 0.717) is 11.4 Å². The summed E-state index contributed by atoms with van der Waals surface area (Å²) < 4.78 is 0. The topological polar surface area (TPSA) is 70.2 Å². The van der Waals surface area contributed by atoms with Gasteiger partial charge in [-0.25, -0.2) is 0 Å². The number of piperidine rings is 1. The predicted molar refractivity (Wildman–Crippen MR) is 89.3 cm³/mol. The zero-order chi connectivity index (χ0) is 15.5. The molecule has 5 nitrogen and oxygen atoms in total. The normalized spacial score (nSPS) is 17.3. The Morgan fingerprint density at radius 2 is 1.68 bits per heavy atom. The van der Waals surface area contributed by atoms with Gasteiger partial charge in [-0.3, -0.25) is 9.59 Å². The number of hydrogen-bond acceptors (Lipinski definition) is 5. The Labute approximate surface area is 129 Å². The third-order valence-corrected chi connectivity index (χ3v) is 4.26. The molecule has 1 fully saturated rings. The van der Waals surface area contributed by atoms with Gasteiger partial charge in [0.15, 0.2) is 0 Å². The quantitative estimate of drug-likeness (QED) is 0.732. The number of nitrogens with one attached hydrogen (secondary N) is 3. The summed E-state index contributed by atoms with van der Waals surface area (Å²) in [6.07, 6.45) is 1.93. The first kappa shape index (κ1) is 14.8. The average Bonchev–Trinajstić information content (AvgIpc) is 2.59. The van der Waals surface area contributed by atoms with Crippen molar-refractivity contribution in [3.8, 4) is 0 Å². The fourth-order valence-corrected chi connectivity index (χ4v) is 2.88. The van der Waals surface area contributed by atoms with E-state index in [1.807, 2.05) is 37.3 Å². The molecular weight excluding hydrogens is 278 g/mol. The predicted octanol–water partition coefficient (Wildman–Crippen LogP) is 1.62. The summed E-state index contributed by atoms with van der Waals surface area (Å²) in [5, 5.41) is 9.72. The third-order valence-electron chi connectivity index (χ3n) is 4.26. The van der Waals surface area contributed by atoms with Crippen LogP contribution in [0.25, 0.3) is 0 Å². The summed E-state index contributed by atoms with van der Waals surface area (Å²) in [5.41, 5.74) is 1.16. The summed E-state index contributed by atoms with van der Waals surface area (Å²) in [6.45, 7) is 3.87. The molecule has 0 spiro atoms. The molecule has 5 heteroatoms. The second-order valence-corrected chi connectivity index (χ2v) is 5.85. The highest BCUT2D eigenvalue weighted by molar-refractivity contribution is 5.74. The second kappa shape index (κ2) is 6.32. The first-order chi connectivity index (χ1) is 10.7. The van der Waals surface area contributed by atoms with Crippen LogP contribution in [0.5, 0.6) is 0 Å². The van der Waals surface area contributed by atoms with Crippen molar-refractivity contribution in [3.05, 3.63) is 56.3 Å². The van der Waals surface area contributed by atoms with E-state index >= 15 is 0 Å². The fraction of sp³-hybridized carbons (Fsp3) is 0.412. The molecule has 22 heavy (non-hydrogen) atoms. The highest BCUT2D eigenvalue weighted by Gasteiger charge is 2.25. The molecule has 0 bridgehead atoms. The van der Waals surface area contributed by atoms with E-state index in [1.165, 1.54) is 0 Å². The Morgan fingerprint density at radius 3 is 2.36 bits per heavy atom. The molecule has 0 aromatic heterocycles. The molecule has 2 aromatic rings. The van der Waals surface area contributed by atoms with Gasteiger partial charge in [0.25, 0.3) is 10.9 Å². The molecule has 1 aliphatic rings. The van der Waals surface area contributed by atoms with Gasteiger partial charge in [-0.1, -0.05) is 30.3 Å². The lowest BCUT2D eigenvalue weighted by molar-refractivity contribution is 0.478. The highest BCUT2D eigenvalue weighted by atomic mass is 16.2. The fourth-order valence-electron chi connectivity index (χ4n) is 2.88. The maximum atomic E-state index is 11.9. The summed E-state index contributed by atoms with van der Waals surface area (Å²) in [6, 6.07) is 10.1.